The summed E-state index contributed by atoms with van der Waals surface area (Å²) in [7, 11) is 1.63. The second-order valence-electron chi connectivity index (χ2n) is 6.37. The number of carbonyl (C=O) groups excluding carboxylic acids is 1. The van der Waals surface area contributed by atoms with Crippen LogP contribution in [0.3, 0.4) is 0 Å². The van der Waals surface area contributed by atoms with E-state index in [0.717, 1.165) is 27.7 Å². The fraction of sp³-hybridized carbons (Fsp3) is 0.136. The van der Waals surface area contributed by atoms with Crippen molar-refractivity contribution in [2.45, 2.75) is 11.7 Å². The third-order valence-corrected chi connectivity index (χ3v) is 6.14. The van der Waals surface area contributed by atoms with Crippen molar-refractivity contribution >= 4 is 29.0 Å². The van der Waals surface area contributed by atoms with Crippen LogP contribution in [0.25, 0.3) is 16.4 Å². The summed E-state index contributed by atoms with van der Waals surface area (Å²) in [6.07, 6.45) is 0. The maximum atomic E-state index is 12.4. The Morgan fingerprint density at radius 2 is 1.97 bits per heavy atom. The van der Waals surface area contributed by atoms with E-state index in [9.17, 15) is 4.79 Å². The van der Waals surface area contributed by atoms with Gasteiger partial charge in [-0.15, -0.1) is 21.5 Å². The zero-order chi connectivity index (χ0) is 20.8. The van der Waals surface area contributed by atoms with Gasteiger partial charge in [0.05, 0.1) is 17.7 Å². The molecule has 0 aliphatic heterocycles. The van der Waals surface area contributed by atoms with Gasteiger partial charge in [-0.25, -0.2) is 0 Å². The number of para-hydroxylation sites is 1. The van der Waals surface area contributed by atoms with E-state index in [-0.39, 0.29) is 11.7 Å². The zero-order valence-electron chi connectivity index (χ0n) is 16.3. The molecule has 0 aliphatic carbocycles. The Hall–Kier alpha value is -3.10. The molecule has 0 saturated heterocycles. The van der Waals surface area contributed by atoms with Crippen LogP contribution in [0.15, 0.2) is 77.3 Å². The summed E-state index contributed by atoms with van der Waals surface area (Å²) >= 11 is 2.98. The predicted molar refractivity (Wildman–Crippen MR) is 120 cm³/mol. The number of thiophene rings is 1. The number of hydrogen-bond acceptors (Lipinski definition) is 6. The van der Waals surface area contributed by atoms with E-state index in [4.69, 9.17) is 4.74 Å². The quantitative estimate of drug-likeness (QED) is 0.414. The summed E-state index contributed by atoms with van der Waals surface area (Å²) in [5.74, 6) is 1.73. The molecular formula is C22H20N4O2S2. The predicted octanol–water partition coefficient (Wildman–Crippen LogP) is 4.41. The van der Waals surface area contributed by atoms with Crippen LogP contribution in [-0.4, -0.2) is 33.5 Å². The van der Waals surface area contributed by atoms with Gasteiger partial charge in [-0.3, -0.25) is 9.36 Å². The number of carbonyl (C=O) groups is 1. The minimum absolute atomic E-state index is 0.0666. The van der Waals surface area contributed by atoms with Crippen molar-refractivity contribution in [1.82, 2.24) is 20.1 Å². The van der Waals surface area contributed by atoms with Crippen LogP contribution in [0.2, 0.25) is 0 Å². The van der Waals surface area contributed by atoms with Gasteiger partial charge in [-0.2, -0.15) is 0 Å². The molecule has 0 fully saturated rings. The summed E-state index contributed by atoms with van der Waals surface area (Å²) in [5, 5.41) is 14.4. The molecule has 30 heavy (non-hydrogen) atoms. The molecule has 0 bridgehead atoms. The number of amides is 1. The van der Waals surface area contributed by atoms with Crippen molar-refractivity contribution in [3.63, 3.8) is 0 Å². The van der Waals surface area contributed by atoms with Crippen LogP contribution in [0, 0.1) is 0 Å². The van der Waals surface area contributed by atoms with E-state index in [1.165, 1.54) is 11.8 Å². The second kappa shape index (κ2) is 9.60. The molecule has 2 aromatic heterocycles. The Balaban J connectivity index is 1.46. The summed E-state index contributed by atoms with van der Waals surface area (Å²) in [6.45, 7) is 0.447. The second-order valence-corrected chi connectivity index (χ2v) is 8.26. The van der Waals surface area contributed by atoms with Gasteiger partial charge in [0, 0.05) is 12.2 Å². The highest BCUT2D eigenvalue weighted by atomic mass is 32.2. The maximum Gasteiger partial charge on any atom is 0.230 e. The summed E-state index contributed by atoms with van der Waals surface area (Å²) in [4.78, 5) is 13.4. The Morgan fingerprint density at radius 1 is 1.10 bits per heavy atom. The van der Waals surface area contributed by atoms with Crippen molar-refractivity contribution in [2.24, 2.45) is 0 Å². The molecule has 1 amide bonds. The van der Waals surface area contributed by atoms with Gasteiger partial charge in [-0.05, 0) is 41.3 Å². The van der Waals surface area contributed by atoms with Crippen molar-refractivity contribution < 1.29 is 9.53 Å². The van der Waals surface area contributed by atoms with Crippen molar-refractivity contribution in [1.29, 1.82) is 0 Å². The van der Waals surface area contributed by atoms with Crippen LogP contribution in [0.1, 0.15) is 5.56 Å². The first kappa shape index (κ1) is 20.2. The number of hydrogen-bond donors (Lipinski definition) is 1. The first-order valence-corrected chi connectivity index (χ1v) is 11.2. The highest BCUT2D eigenvalue weighted by molar-refractivity contribution is 7.99. The average molecular weight is 437 g/mol. The first-order valence-electron chi connectivity index (χ1n) is 9.32. The molecule has 6 nitrogen and oxygen atoms in total. The first-order chi connectivity index (χ1) is 14.7. The standard InChI is InChI=1S/C22H20N4O2S2/c1-28-18-10-5-7-16(13-18)14-23-20(27)15-30-22-25-24-21(19-11-6-12-29-19)26(22)17-8-3-2-4-9-17/h2-13H,14-15H2,1H3,(H,23,27). The van der Waals surface area contributed by atoms with Crippen LogP contribution in [0.4, 0.5) is 0 Å². The Labute approximate surface area is 182 Å². The Morgan fingerprint density at radius 3 is 2.73 bits per heavy atom. The van der Waals surface area contributed by atoms with E-state index in [1.54, 1.807) is 18.4 Å². The third kappa shape index (κ3) is 4.72. The van der Waals surface area contributed by atoms with Crippen LogP contribution < -0.4 is 10.1 Å². The average Bonchev–Trinajstić information content (AvgIpc) is 3.46. The number of rotatable bonds is 8. The highest BCUT2D eigenvalue weighted by Crippen LogP contribution is 2.30. The van der Waals surface area contributed by atoms with E-state index in [0.29, 0.717) is 11.7 Å². The molecule has 152 valence electrons. The number of ether oxygens (including phenoxy) is 1. The molecule has 2 heterocycles. The van der Waals surface area contributed by atoms with E-state index in [1.807, 2.05) is 76.7 Å². The lowest BCUT2D eigenvalue weighted by atomic mass is 10.2. The molecule has 0 spiro atoms. The highest BCUT2D eigenvalue weighted by Gasteiger charge is 2.17. The zero-order valence-corrected chi connectivity index (χ0v) is 18.0. The number of thioether (sulfide) groups is 1. The lowest BCUT2D eigenvalue weighted by Crippen LogP contribution is -2.24. The summed E-state index contributed by atoms with van der Waals surface area (Å²) in [6, 6.07) is 21.6. The number of aromatic nitrogens is 3. The third-order valence-electron chi connectivity index (χ3n) is 4.35. The van der Waals surface area contributed by atoms with Crippen LogP contribution >= 0.6 is 23.1 Å². The molecular weight excluding hydrogens is 416 g/mol. The molecule has 0 radical (unpaired) electrons. The minimum Gasteiger partial charge on any atom is -0.497 e. The summed E-state index contributed by atoms with van der Waals surface area (Å²) < 4.78 is 7.21. The van der Waals surface area contributed by atoms with Gasteiger partial charge >= 0.3 is 0 Å². The number of nitrogens with zero attached hydrogens (tertiary/aromatic N) is 3. The molecule has 1 N–H and O–H groups in total. The number of methoxy groups -OCH3 is 1. The molecule has 0 aliphatic rings. The topological polar surface area (TPSA) is 69.0 Å². The van der Waals surface area contributed by atoms with Gasteiger partial charge in [-0.1, -0.05) is 48.2 Å². The number of nitrogens with one attached hydrogen (secondary N) is 1. The van der Waals surface area contributed by atoms with Gasteiger partial charge in [0.1, 0.15) is 5.75 Å². The molecule has 2 aromatic carbocycles. The largest absolute Gasteiger partial charge is 0.497 e. The lowest BCUT2D eigenvalue weighted by Gasteiger charge is -2.10. The fourth-order valence-electron chi connectivity index (χ4n) is 2.90. The van der Waals surface area contributed by atoms with Gasteiger partial charge in [0.2, 0.25) is 5.91 Å². The molecule has 0 atom stereocenters. The smallest absolute Gasteiger partial charge is 0.230 e. The van der Waals surface area contributed by atoms with E-state index < -0.39 is 0 Å². The van der Waals surface area contributed by atoms with Crippen molar-refractivity contribution in [3.05, 3.63) is 77.7 Å². The SMILES string of the molecule is COc1cccc(CNC(=O)CSc2nnc(-c3cccs3)n2-c2ccccc2)c1. The fourth-order valence-corrected chi connectivity index (χ4v) is 4.38. The molecule has 0 unspecified atom stereocenters. The Kier molecular flexibility index (Phi) is 6.46. The van der Waals surface area contributed by atoms with Crippen LogP contribution in [-0.2, 0) is 11.3 Å². The summed E-state index contributed by atoms with van der Waals surface area (Å²) in [5.41, 5.74) is 1.95. The Bertz CT molecular complexity index is 1110. The number of benzene rings is 2. The minimum atomic E-state index is -0.0666. The molecule has 0 saturated carbocycles. The van der Waals surface area contributed by atoms with Gasteiger partial charge in [0.25, 0.3) is 0 Å². The normalized spacial score (nSPS) is 10.7. The maximum absolute atomic E-state index is 12.4. The van der Waals surface area contributed by atoms with Crippen molar-refractivity contribution in [2.75, 3.05) is 12.9 Å². The molecule has 4 rings (SSSR count). The van der Waals surface area contributed by atoms with Gasteiger partial charge < -0.3 is 10.1 Å². The molecule has 4 aromatic rings. The van der Waals surface area contributed by atoms with E-state index >= 15 is 0 Å². The van der Waals surface area contributed by atoms with Gasteiger partial charge in [0.15, 0.2) is 11.0 Å². The van der Waals surface area contributed by atoms with Crippen LogP contribution in [0.5, 0.6) is 5.75 Å². The van der Waals surface area contributed by atoms with Crippen molar-refractivity contribution in [3.8, 4) is 22.1 Å². The van der Waals surface area contributed by atoms with E-state index in [2.05, 4.69) is 15.5 Å². The lowest BCUT2D eigenvalue weighted by molar-refractivity contribution is -0.118. The monoisotopic (exact) mass is 436 g/mol. The molecule has 8 heteroatoms.